The zero-order valence-electron chi connectivity index (χ0n) is 18.9. The van der Waals surface area contributed by atoms with Crippen LogP contribution in [0, 0.1) is 5.92 Å². The third-order valence-corrected chi connectivity index (χ3v) is 5.83. The Bertz CT molecular complexity index is 1140. The lowest BCUT2D eigenvalue weighted by atomic mass is 10.1. The van der Waals surface area contributed by atoms with Crippen LogP contribution in [0.15, 0.2) is 65.6 Å². The number of anilines is 1. The van der Waals surface area contributed by atoms with Crippen LogP contribution in [-0.2, 0) is 17.9 Å². The quantitative estimate of drug-likeness (QED) is 0.570. The molecule has 1 unspecified atom stereocenters. The molecular formula is C25H28N4O4. The molecule has 0 bridgehead atoms. The molecule has 2 aromatic carbocycles. The summed E-state index contributed by atoms with van der Waals surface area (Å²) >= 11 is 0. The molecule has 8 heteroatoms. The number of amides is 1. The van der Waals surface area contributed by atoms with Gasteiger partial charge in [-0.3, -0.25) is 9.59 Å². The number of ether oxygens (including phenoxy) is 2. The van der Waals surface area contributed by atoms with E-state index in [9.17, 15) is 9.59 Å². The van der Waals surface area contributed by atoms with E-state index in [1.807, 2.05) is 47.4 Å². The predicted molar refractivity (Wildman–Crippen MR) is 126 cm³/mol. The van der Waals surface area contributed by atoms with E-state index in [1.165, 1.54) is 4.68 Å². The summed E-state index contributed by atoms with van der Waals surface area (Å²) in [5, 5.41) is 7.34. The summed E-state index contributed by atoms with van der Waals surface area (Å²) in [6.45, 7) is 2.08. The molecule has 1 fully saturated rings. The number of rotatable bonds is 8. The number of benzene rings is 2. The number of methoxy groups -OCH3 is 2. The van der Waals surface area contributed by atoms with Crippen molar-refractivity contribution in [2.75, 3.05) is 32.2 Å². The van der Waals surface area contributed by atoms with Gasteiger partial charge in [0.15, 0.2) is 0 Å². The molecule has 2 heterocycles. The molecule has 1 atom stereocenters. The molecule has 1 aliphatic heterocycles. The van der Waals surface area contributed by atoms with Crippen molar-refractivity contribution in [1.29, 1.82) is 0 Å². The molecule has 1 aromatic heterocycles. The second kappa shape index (κ2) is 10.2. The van der Waals surface area contributed by atoms with Gasteiger partial charge in [-0.05, 0) is 29.7 Å². The van der Waals surface area contributed by atoms with Crippen molar-refractivity contribution in [3.05, 3.63) is 82.3 Å². The van der Waals surface area contributed by atoms with Gasteiger partial charge in [0, 0.05) is 31.8 Å². The fraction of sp³-hybridized carbons (Fsp3) is 0.320. The Morgan fingerprint density at radius 1 is 1.06 bits per heavy atom. The highest BCUT2D eigenvalue weighted by Crippen LogP contribution is 2.24. The van der Waals surface area contributed by atoms with Gasteiger partial charge >= 0.3 is 0 Å². The lowest BCUT2D eigenvalue weighted by molar-refractivity contribution is -0.124. The number of hydrogen-bond acceptors (Lipinski definition) is 6. The molecule has 1 amide bonds. The fourth-order valence-electron chi connectivity index (χ4n) is 3.98. The average Bonchev–Trinajstić information content (AvgIpc) is 3.34. The first-order valence-electron chi connectivity index (χ1n) is 10.9. The molecule has 0 aliphatic carbocycles. The molecule has 0 radical (unpaired) electrons. The van der Waals surface area contributed by atoms with Crippen molar-refractivity contribution in [3.63, 3.8) is 0 Å². The maximum absolute atomic E-state index is 12.7. The second-order valence-electron chi connectivity index (χ2n) is 8.07. The van der Waals surface area contributed by atoms with Crippen LogP contribution in [0.25, 0.3) is 0 Å². The molecule has 3 aromatic rings. The van der Waals surface area contributed by atoms with Gasteiger partial charge in [-0.1, -0.05) is 30.3 Å². The van der Waals surface area contributed by atoms with Gasteiger partial charge < -0.3 is 19.7 Å². The Labute approximate surface area is 192 Å². The lowest BCUT2D eigenvalue weighted by Gasteiger charge is -2.18. The molecule has 1 saturated heterocycles. The maximum Gasteiger partial charge on any atom is 0.269 e. The van der Waals surface area contributed by atoms with Gasteiger partial charge in [-0.15, -0.1) is 0 Å². The van der Waals surface area contributed by atoms with Crippen LogP contribution in [-0.4, -0.2) is 43.0 Å². The lowest BCUT2D eigenvalue weighted by Crippen LogP contribution is -2.33. The summed E-state index contributed by atoms with van der Waals surface area (Å²) in [5.74, 6) is 1.20. The van der Waals surface area contributed by atoms with Gasteiger partial charge in [0.05, 0.1) is 38.6 Å². The minimum atomic E-state index is -0.156. The first-order chi connectivity index (χ1) is 16.1. The highest BCUT2D eigenvalue weighted by Gasteiger charge is 2.28. The van der Waals surface area contributed by atoms with Crippen molar-refractivity contribution in [2.45, 2.75) is 19.5 Å². The molecule has 0 saturated carbocycles. The van der Waals surface area contributed by atoms with Crippen molar-refractivity contribution < 1.29 is 14.3 Å². The summed E-state index contributed by atoms with van der Waals surface area (Å²) in [4.78, 5) is 27.3. The number of carbonyl (C=O) groups is 1. The van der Waals surface area contributed by atoms with Crippen molar-refractivity contribution in [2.24, 2.45) is 5.92 Å². The van der Waals surface area contributed by atoms with Crippen molar-refractivity contribution in [3.8, 4) is 11.5 Å². The molecular weight excluding hydrogens is 420 g/mol. The minimum absolute atomic E-state index is 0.00957. The zero-order chi connectivity index (χ0) is 23.2. The predicted octanol–water partition coefficient (Wildman–Crippen LogP) is 2.45. The smallest absolute Gasteiger partial charge is 0.269 e. The van der Waals surface area contributed by atoms with E-state index in [1.54, 1.807) is 32.5 Å². The molecule has 33 heavy (non-hydrogen) atoms. The van der Waals surface area contributed by atoms with E-state index in [4.69, 9.17) is 9.47 Å². The van der Waals surface area contributed by atoms with E-state index in [-0.39, 0.29) is 17.4 Å². The van der Waals surface area contributed by atoms with Crippen molar-refractivity contribution >= 4 is 11.6 Å². The second-order valence-corrected chi connectivity index (χ2v) is 8.07. The third kappa shape index (κ3) is 5.52. The normalized spacial score (nSPS) is 15.3. The highest BCUT2D eigenvalue weighted by atomic mass is 16.5. The van der Waals surface area contributed by atoms with E-state index >= 15 is 0 Å². The Balaban J connectivity index is 1.35. The largest absolute Gasteiger partial charge is 0.497 e. The SMILES string of the molecule is COc1cc(CNC(=O)C2CCN(c3cnn(Cc4ccccc4)c(=O)c3)C2)cc(OC)c1. The summed E-state index contributed by atoms with van der Waals surface area (Å²) in [5.41, 5.74) is 2.51. The molecule has 1 aliphatic rings. The first-order valence-corrected chi connectivity index (χ1v) is 10.9. The van der Waals surface area contributed by atoms with Gasteiger partial charge in [0.25, 0.3) is 5.56 Å². The van der Waals surface area contributed by atoms with Crippen LogP contribution in [0.5, 0.6) is 11.5 Å². The summed E-state index contributed by atoms with van der Waals surface area (Å²) in [6.07, 6.45) is 2.42. The Hall–Kier alpha value is -3.81. The Morgan fingerprint density at radius 2 is 1.79 bits per heavy atom. The monoisotopic (exact) mass is 448 g/mol. The summed E-state index contributed by atoms with van der Waals surface area (Å²) in [6, 6.07) is 16.9. The molecule has 8 nitrogen and oxygen atoms in total. The minimum Gasteiger partial charge on any atom is -0.497 e. The number of nitrogens with one attached hydrogen (secondary N) is 1. The number of aromatic nitrogens is 2. The first kappa shape index (κ1) is 22.4. The third-order valence-electron chi connectivity index (χ3n) is 5.83. The number of nitrogens with zero attached hydrogens (tertiary/aromatic N) is 3. The van der Waals surface area contributed by atoms with Crippen molar-refractivity contribution in [1.82, 2.24) is 15.1 Å². The van der Waals surface area contributed by atoms with E-state index in [2.05, 4.69) is 10.4 Å². The van der Waals surface area contributed by atoms with Crippen LogP contribution in [0.4, 0.5) is 5.69 Å². The summed E-state index contributed by atoms with van der Waals surface area (Å²) < 4.78 is 12.0. The van der Waals surface area contributed by atoms with E-state index < -0.39 is 0 Å². The van der Waals surface area contributed by atoms with Crippen LogP contribution < -0.4 is 25.2 Å². The highest BCUT2D eigenvalue weighted by molar-refractivity contribution is 5.80. The molecule has 172 valence electrons. The number of hydrogen-bond donors (Lipinski definition) is 1. The van der Waals surface area contributed by atoms with Crippen LogP contribution in [0.3, 0.4) is 0 Å². The number of carbonyl (C=O) groups excluding carboxylic acids is 1. The van der Waals surface area contributed by atoms with Crippen LogP contribution in [0.1, 0.15) is 17.5 Å². The van der Waals surface area contributed by atoms with E-state index in [0.29, 0.717) is 37.7 Å². The Morgan fingerprint density at radius 3 is 2.45 bits per heavy atom. The van der Waals surface area contributed by atoms with Gasteiger partial charge in [0.1, 0.15) is 11.5 Å². The topological polar surface area (TPSA) is 85.7 Å². The van der Waals surface area contributed by atoms with E-state index in [0.717, 1.165) is 23.2 Å². The van der Waals surface area contributed by atoms with Gasteiger partial charge in [-0.2, -0.15) is 5.10 Å². The molecule has 0 spiro atoms. The zero-order valence-corrected chi connectivity index (χ0v) is 18.9. The standard InChI is InChI=1S/C25H28N4O4/c1-32-22-10-19(11-23(13-22)33-2)14-26-25(31)20-8-9-28(17-20)21-12-24(30)29(27-15-21)16-18-6-4-3-5-7-18/h3-7,10-13,15,20H,8-9,14,16-17H2,1-2H3,(H,26,31). The average molecular weight is 449 g/mol. The molecule has 1 N–H and O–H groups in total. The Kier molecular flexibility index (Phi) is 6.92. The van der Waals surface area contributed by atoms with Crippen LogP contribution >= 0.6 is 0 Å². The maximum atomic E-state index is 12.7. The van der Waals surface area contributed by atoms with Crippen LogP contribution in [0.2, 0.25) is 0 Å². The summed E-state index contributed by atoms with van der Waals surface area (Å²) in [7, 11) is 3.19. The fourth-order valence-corrected chi connectivity index (χ4v) is 3.98. The molecule has 4 rings (SSSR count). The van der Waals surface area contributed by atoms with Gasteiger partial charge in [0.2, 0.25) is 5.91 Å². The van der Waals surface area contributed by atoms with Gasteiger partial charge in [-0.25, -0.2) is 4.68 Å².